The van der Waals surface area contributed by atoms with Gasteiger partial charge < -0.3 is 16.4 Å². The molecule has 79 valence electrons. The summed E-state index contributed by atoms with van der Waals surface area (Å²) in [4.78, 5) is 23.0. The lowest BCUT2D eigenvalue weighted by Crippen LogP contribution is -2.43. The highest BCUT2D eigenvalue weighted by molar-refractivity contribution is 5.75. The lowest BCUT2D eigenvalue weighted by atomic mass is 9.93. The molecule has 1 rings (SSSR count). The highest BCUT2D eigenvalue weighted by Crippen LogP contribution is 2.19. The van der Waals surface area contributed by atoms with Crippen LogP contribution in [0.1, 0.15) is 19.3 Å². The predicted molar refractivity (Wildman–Crippen MR) is 52.0 cm³/mol. The molecule has 3 amide bonds. The molecule has 1 heterocycles. The van der Waals surface area contributed by atoms with Crippen molar-refractivity contribution < 1.29 is 9.59 Å². The van der Waals surface area contributed by atoms with Crippen molar-refractivity contribution in [1.82, 2.24) is 4.90 Å². The molecule has 1 atom stereocenters. The van der Waals surface area contributed by atoms with Gasteiger partial charge in [-0.25, -0.2) is 4.79 Å². The molecule has 5 heteroatoms. The van der Waals surface area contributed by atoms with Gasteiger partial charge in [-0.2, -0.15) is 0 Å². The number of likely N-dealkylation sites (tertiary alicyclic amines) is 1. The fourth-order valence-corrected chi connectivity index (χ4v) is 1.69. The van der Waals surface area contributed by atoms with Crippen molar-refractivity contribution in [2.24, 2.45) is 17.4 Å². The first-order valence-electron chi connectivity index (χ1n) is 4.75. The van der Waals surface area contributed by atoms with Crippen LogP contribution in [-0.4, -0.2) is 29.9 Å². The zero-order valence-corrected chi connectivity index (χ0v) is 8.11. The Kier molecular flexibility index (Phi) is 3.73. The summed E-state index contributed by atoms with van der Waals surface area (Å²) in [5.74, 6) is -0.0788. The number of nitrogens with zero attached hydrogens (tertiary/aromatic N) is 1. The molecule has 0 aliphatic carbocycles. The van der Waals surface area contributed by atoms with E-state index in [-0.39, 0.29) is 24.3 Å². The van der Waals surface area contributed by atoms with Crippen LogP contribution < -0.4 is 11.5 Å². The van der Waals surface area contributed by atoms with Gasteiger partial charge in [-0.15, -0.1) is 0 Å². The summed E-state index contributed by atoms with van der Waals surface area (Å²) >= 11 is 0. The molecule has 0 saturated carbocycles. The predicted octanol–water partition coefficient (Wildman–Crippen LogP) is -0.143. The van der Waals surface area contributed by atoms with Gasteiger partial charge in [0.05, 0.1) is 0 Å². The van der Waals surface area contributed by atoms with Gasteiger partial charge in [0.25, 0.3) is 0 Å². The second-order valence-corrected chi connectivity index (χ2v) is 3.59. The summed E-state index contributed by atoms with van der Waals surface area (Å²) in [6.07, 6.45) is 4.08. The van der Waals surface area contributed by atoms with Gasteiger partial charge in [0.15, 0.2) is 0 Å². The third-order valence-electron chi connectivity index (χ3n) is 2.42. The van der Waals surface area contributed by atoms with E-state index in [1.165, 1.54) is 0 Å². The zero-order chi connectivity index (χ0) is 10.6. The maximum atomic E-state index is 10.9. The van der Waals surface area contributed by atoms with Gasteiger partial charge in [-0.3, -0.25) is 4.79 Å². The van der Waals surface area contributed by atoms with Gasteiger partial charge in [-0.1, -0.05) is 0 Å². The van der Waals surface area contributed by atoms with Crippen LogP contribution in [0.3, 0.4) is 0 Å². The monoisotopic (exact) mass is 198 g/mol. The van der Waals surface area contributed by atoms with Gasteiger partial charge in [-0.05, 0) is 25.2 Å². The molecule has 0 aromatic rings. The Morgan fingerprint density at radius 2 is 2.14 bits per heavy atom. The van der Waals surface area contributed by atoms with Crippen LogP contribution in [0.25, 0.3) is 0 Å². The molecule has 1 radical (unpaired) electrons. The summed E-state index contributed by atoms with van der Waals surface area (Å²) in [5, 5.41) is 0. The van der Waals surface area contributed by atoms with Crippen molar-refractivity contribution in [3.63, 3.8) is 0 Å². The number of nitrogens with two attached hydrogens (primary N) is 2. The Bertz CT molecular complexity index is 230. The number of primary amides is 2. The zero-order valence-electron chi connectivity index (χ0n) is 8.11. The van der Waals surface area contributed by atoms with Gasteiger partial charge in [0, 0.05) is 19.5 Å². The minimum atomic E-state index is -0.387. The maximum Gasteiger partial charge on any atom is 0.314 e. The molecular weight excluding hydrogens is 182 g/mol. The molecule has 0 aromatic carbocycles. The number of hydrogen-bond donors (Lipinski definition) is 2. The Morgan fingerprint density at radius 3 is 2.71 bits per heavy atom. The van der Waals surface area contributed by atoms with Crippen molar-refractivity contribution >= 4 is 11.9 Å². The molecular formula is C9H16N3O2. The third-order valence-corrected chi connectivity index (χ3v) is 2.42. The van der Waals surface area contributed by atoms with Crippen molar-refractivity contribution in [1.29, 1.82) is 0 Å². The Balaban J connectivity index is 2.32. The lowest BCUT2D eigenvalue weighted by molar-refractivity contribution is -0.117. The van der Waals surface area contributed by atoms with E-state index in [9.17, 15) is 9.59 Å². The summed E-state index contributed by atoms with van der Waals surface area (Å²) < 4.78 is 0. The van der Waals surface area contributed by atoms with Gasteiger partial charge in [0.2, 0.25) is 5.91 Å². The molecule has 0 bridgehead atoms. The standard InChI is InChI=1S/C9H16N3O2/c10-8(13)4-3-7-2-1-5-12(6-7)9(11)14/h3,7H,1-2,4-6H2,(H2,10,13)(H2,11,14). The van der Waals surface area contributed by atoms with E-state index in [2.05, 4.69) is 0 Å². The number of hydrogen-bond acceptors (Lipinski definition) is 2. The van der Waals surface area contributed by atoms with E-state index in [4.69, 9.17) is 11.5 Å². The molecule has 0 aromatic heterocycles. The molecule has 1 saturated heterocycles. The van der Waals surface area contributed by atoms with Crippen molar-refractivity contribution in [3.05, 3.63) is 6.42 Å². The first-order chi connectivity index (χ1) is 6.59. The molecule has 1 fully saturated rings. The largest absolute Gasteiger partial charge is 0.370 e. The molecule has 0 spiro atoms. The minimum Gasteiger partial charge on any atom is -0.370 e. The highest BCUT2D eigenvalue weighted by atomic mass is 16.2. The molecule has 1 aliphatic heterocycles. The lowest BCUT2D eigenvalue weighted by Gasteiger charge is -2.31. The van der Waals surface area contributed by atoms with E-state index < -0.39 is 0 Å². The van der Waals surface area contributed by atoms with Gasteiger partial charge in [0.1, 0.15) is 0 Å². The summed E-state index contributed by atoms with van der Waals surface area (Å²) in [7, 11) is 0. The molecule has 4 N–H and O–H groups in total. The number of carbonyl (C=O) groups excluding carboxylic acids is 2. The average molecular weight is 198 g/mol. The van der Waals surface area contributed by atoms with Crippen molar-refractivity contribution in [2.75, 3.05) is 13.1 Å². The van der Waals surface area contributed by atoms with Crippen LogP contribution in [0.15, 0.2) is 0 Å². The third kappa shape index (κ3) is 3.24. The second kappa shape index (κ2) is 4.83. The smallest absolute Gasteiger partial charge is 0.314 e. The number of amides is 3. The Hall–Kier alpha value is -1.26. The van der Waals surface area contributed by atoms with E-state index in [1.54, 1.807) is 4.90 Å². The second-order valence-electron chi connectivity index (χ2n) is 3.59. The van der Waals surface area contributed by atoms with E-state index >= 15 is 0 Å². The van der Waals surface area contributed by atoms with E-state index in [0.717, 1.165) is 19.4 Å². The van der Waals surface area contributed by atoms with Crippen LogP contribution in [0.2, 0.25) is 0 Å². The number of rotatable bonds is 3. The average Bonchev–Trinajstić information content (AvgIpc) is 2.15. The fourth-order valence-electron chi connectivity index (χ4n) is 1.69. The number of carbonyl (C=O) groups is 2. The van der Waals surface area contributed by atoms with Crippen molar-refractivity contribution in [2.45, 2.75) is 19.3 Å². The van der Waals surface area contributed by atoms with Crippen LogP contribution >= 0.6 is 0 Å². The van der Waals surface area contributed by atoms with Crippen LogP contribution in [-0.2, 0) is 4.79 Å². The quantitative estimate of drug-likeness (QED) is 0.660. The number of urea groups is 1. The first-order valence-corrected chi connectivity index (χ1v) is 4.75. The summed E-state index contributed by atoms with van der Waals surface area (Å²) in [5.41, 5.74) is 10.2. The maximum absolute atomic E-state index is 10.9. The summed E-state index contributed by atoms with van der Waals surface area (Å²) in [6, 6.07) is -0.387. The highest BCUT2D eigenvalue weighted by Gasteiger charge is 2.22. The van der Waals surface area contributed by atoms with Gasteiger partial charge >= 0.3 is 6.03 Å². The normalized spacial score (nSPS) is 22.0. The van der Waals surface area contributed by atoms with Crippen LogP contribution in [0.5, 0.6) is 0 Å². The fraction of sp³-hybridized carbons (Fsp3) is 0.667. The van der Waals surface area contributed by atoms with Crippen LogP contribution in [0.4, 0.5) is 4.79 Å². The molecule has 1 unspecified atom stereocenters. The molecule has 5 nitrogen and oxygen atoms in total. The Labute approximate surface area is 83.4 Å². The minimum absolute atomic E-state index is 0.253. The number of piperidine rings is 1. The summed E-state index contributed by atoms with van der Waals surface area (Å²) in [6.45, 7) is 1.33. The van der Waals surface area contributed by atoms with E-state index in [1.807, 2.05) is 6.42 Å². The first kappa shape index (κ1) is 10.8. The van der Waals surface area contributed by atoms with Crippen molar-refractivity contribution in [3.8, 4) is 0 Å². The van der Waals surface area contributed by atoms with Crippen LogP contribution in [0, 0.1) is 12.3 Å². The SMILES string of the molecule is NC(=O)C[CH]C1CCCN(C(N)=O)C1. The molecule has 1 aliphatic rings. The topological polar surface area (TPSA) is 89.4 Å². The van der Waals surface area contributed by atoms with E-state index in [0.29, 0.717) is 6.54 Å². The Morgan fingerprint density at radius 1 is 1.43 bits per heavy atom. The molecule has 14 heavy (non-hydrogen) atoms.